The predicted octanol–water partition coefficient (Wildman–Crippen LogP) is 0.629. The highest BCUT2D eigenvalue weighted by Gasteiger charge is 2.15. The van der Waals surface area contributed by atoms with Crippen LogP contribution in [0.5, 0.6) is 0 Å². The maximum absolute atomic E-state index is 12.2. The van der Waals surface area contributed by atoms with Crippen LogP contribution in [0.15, 0.2) is 41.6 Å². The molecule has 0 spiro atoms. The molecule has 9 heteroatoms. The SMILES string of the molecule is CN(C)c1ccc(NS(=O)(=O)c2cnc(NN)nc2)cc1. The van der Waals surface area contributed by atoms with Crippen molar-refractivity contribution in [1.82, 2.24) is 9.97 Å². The summed E-state index contributed by atoms with van der Waals surface area (Å²) in [5.74, 6) is 5.27. The highest BCUT2D eigenvalue weighted by atomic mass is 32.2. The Morgan fingerprint density at radius 2 is 1.67 bits per heavy atom. The zero-order valence-corrected chi connectivity index (χ0v) is 12.4. The standard InChI is InChI=1S/C12H16N6O2S/c1-18(2)10-5-3-9(4-6-10)17-21(19,20)11-7-14-12(16-13)15-8-11/h3-8,17H,13H2,1-2H3,(H,14,15,16). The summed E-state index contributed by atoms with van der Waals surface area (Å²) in [6, 6.07) is 7.00. The summed E-state index contributed by atoms with van der Waals surface area (Å²) in [6.07, 6.45) is 2.36. The number of benzene rings is 1. The molecule has 1 aromatic carbocycles. The van der Waals surface area contributed by atoms with Gasteiger partial charge in [0.2, 0.25) is 5.95 Å². The third-order valence-electron chi connectivity index (χ3n) is 2.70. The van der Waals surface area contributed by atoms with E-state index in [1.165, 1.54) is 12.4 Å². The first-order valence-corrected chi connectivity index (χ1v) is 7.49. The number of nitrogens with one attached hydrogen (secondary N) is 2. The van der Waals surface area contributed by atoms with Crippen LogP contribution < -0.4 is 20.9 Å². The summed E-state index contributed by atoms with van der Waals surface area (Å²) >= 11 is 0. The van der Waals surface area contributed by atoms with E-state index in [0.717, 1.165) is 5.69 Å². The largest absolute Gasteiger partial charge is 0.378 e. The molecule has 2 rings (SSSR count). The minimum atomic E-state index is -3.73. The Morgan fingerprint density at radius 1 is 1.10 bits per heavy atom. The van der Waals surface area contributed by atoms with E-state index in [0.29, 0.717) is 5.69 Å². The zero-order valence-electron chi connectivity index (χ0n) is 11.6. The average Bonchev–Trinajstić information content (AvgIpc) is 2.47. The maximum atomic E-state index is 12.2. The molecule has 0 aliphatic rings. The van der Waals surface area contributed by atoms with E-state index in [9.17, 15) is 8.42 Å². The van der Waals surface area contributed by atoms with Gasteiger partial charge in [0.1, 0.15) is 4.90 Å². The van der Waals surface area contributed by atoms with Gasteiger partial charge in [-0.3, -0.25) is 10.1 Å². The predicted molar refractivity (Wildman–Crippen MR) is 81.4 cm³/mol. The number of hydrogen-bond donors (Lipinski definition) is 3. The molecule has 2 aromatic rings. The van der Waals surface area contributed by atoms with Crippen molar-refractivity contribution < 1.29 is 8.42 Å². The van der Waals surface area contributed by atoms with E-state index >= 15 is 0 Å². The van der Waals surface area contributed by atoms with Gasteiger partial charge in [-0.25, -0.2) is 24.2 Å². The second-order valence-corrected chi connectivity index (χ2v) is 6.12. The van der Waals surface area contributed by atoms with Gasteiger partial charge in [0.25, 0.3) is 10.0 Å². The highest BCUT2D eigenvalue weighted by Crippen LogP contribution is 2.19. The Kier molecular flexibility index (Phi) is 4.24. The lowest BCUT2D eigenvalue weighted by Crippen LogP contribution is -2.15. The van der Waals surface area contributed by atoms with Crippen molar-refractivity contribution in [2.24, 2.45) is 5.84 Å². The van der Waals surface area contributed by atoms with E-state index in [-0.39, 0.29) is 10.8 Å². The molecule has 0 atom stereocenters. The van der Waals surface area contributed by atoms with Crippen molar-refractivity contribution in [1.29, 1.82) is 0 Å². The number of hydrogen-bond acceptors (Lipinski definition) is 7. The summed E-state index contributed by atoms with van der Waals surface area (Å²) in [5, 5.41) is 0. The summed E-state index contributed by atoms with van der Waals surface area (Å²) in [6.45, 7) is 0. The topological polar surface area (TPSA) is 113 Å². The molecule has 0 radical (unpaired) electrons. The smallest absolute Gasteiger partial charge is 0.264 e. The molecular formula is C12H16N6O2S. The van der Waals surface area contributed by atoms with Crippen molar-refractivity contribution in [2.75, 3.05) is 29.1 Å². The van der Waals surface area contributed by atoms with Crippen molar-refractivity contribution in [3.63, 3.8) is 0 Å². The van der Waals surface area contributed by atoms with Crippen LogP contribution in [-0.4, -0.2) is 32.5 Å². The lowest BCUT2D eigenvalue weighted by Gasteiger charge is -2.13. The quantitative estimate of drug-likeness (QED) is 0.548. The van der Waals surface area contributed by atoms with Gasteiger partial charge in [0.05, 0.1) is 12.4 Å². The van der Waals surface area contributed by atoms with Gasteiger partial charge in [-0.15, -0.1) is 0 Å². The average molecular weight is 308 g/mol. The third kappa shape index (κ3) is 3.58. The number of rotatable bonds is 5. The lowest BCUT2D eigenvalue weighted by molar-refractivity contribution is 0.600. The van der Waals surface area contributed by atoms with E-state index in [4.69, 9.17) is 5.84 Å². The lowest BCUT2D eigenvalue weighted by atomic mass is 10.3. The normalized spacial score (nSPS) is 11.0. The molecule has 1 aromatic heterocycles. The van der Waals surface area contributed by atoms with E-state index < -0.39 is 10.0 Å². The van der Waals surface area contributed by atoms with Crippen LogP contribution in [0.4, 0.5) is 17.3 Å². The van der Waals surface area contributed by atoms with Crippen molar-refractivity contribution in [3.05, 3.63) is 36.7 Å². The molecule has 0 saturated heterocycles. The number of nitrogens with two attached hydrogens (primary N) is 1. The number of nitrogens with zero attached hydrogens (tertiary/aromatic N) is 3. The molecule has 0 saturated carbocycles. The van der Waals surface area contributed by atoms with Crippen molar-refractivity contribution in [2.45, 2.75) is 4.90 Å². The molecule has 0 aliphatic carbocycles. The number of nitrogen functional groups attached to an aromatic ring is 1. The number of anilines is 3. The fourth-order valence-electron chi connectivity index (χ4n) is 1.57. The van der Waals surface area contributed by atoms with E-state index in [1.54, 1.807) is 12.1 Å². The van der Waals surface area contributed by atoms with Gasteiger partial charge in [-0.2, -0.15) is 0 Å². The molecule has 21 heavy (non-hydrogen) atoms. The Hall–Kier alpha value is -2.39. The molecule has 1 heterocycles. The van der Waals surface area contributed by atoms with Crippen LogP contribution in [0.25, 0.3) is 0 Å². The Morgan fingerprint density at radius 3 is 2.14 bits per heavy atom. The second-order valence-electron chi connectivity index (χ2n) is 4.43. The fourth-order valence-corrected chi connectivity index (χ4v) is 2.52. The number of aromatic nitrogens is 2. The first-order valence-electron chi connectivity index (χ1n) is 6.01. The Labute approximate surface area is 123 Å². The molecule has 0 unspecified atom stereocenters. The number of hydrazine groups is 1. The molecule has 0 bridgehead atoms. The van der Waals surface area contributed by atoms with Gasteiger partial charge in [-0.05, 0) is 24.3 Å². The molecule has 0 amide bonds. The van der Waals surface area contributed by atoms with Crippen LogP contribution in [0.1, 0.15) is 0 Å². The summed E-state index contributed by atoms with van der Waals surface area (Å²) in [7, 11) is 0.0840. The van der Waals surface area contributed by atoms with Crippen LogP contribution in [-0.2, 0) is 10.0 Å². The van der Waals surface area contributed by atoms with Crippen LogP contribution in [0.3, 0.4) is 0 Å². The van der Waals surface area contributed by atoms with Gasteiger partial charge in [0.15, 0.2) is 0 Å². The van der Waals surface area contributed by atoms with Crippen LogP contribution >= 0.6 is 0 Å². The molecule has 4 N–H and O–H groups in total. The number of sulfonamides is 1. The summed E-state index contributed by atoms with van der Waals surface area (Å²) in [5.41, 5.74) is 3.66. The van der Waals surface area contributed by atoms with Crippen LogP contribution in [0.2, 0.25) is 0 Å². The summed E-state index contributed by atoms with van der Waals surface area (Å²) < 4.78 is 26.8. The third-order valence-corrected chi connectivity index (χ3v) is 4.04. The molecule has 0 aliphatic heterocycles. The minimum absolute atomic E-state index is 0.0433. The van der Waals surface area contributed by atoms with Gasteiger partial charge in [0, 0.05) is 25.5 Å². The highest BCUT2D eigenvalue weighted by molar-refractivity contribution is 7.92. The first-order chi connectivity index (χ1) is 9.92. The zero-order chi connectivity index (χ0) is 15.5. The molecular weight excluding hydrogens is 292 g/mol. The van der Waals surface area contributed by atoms with Crippen molar-refractivity contribution in [3.8, 4) is 0 Å². The van der Waals surface area contributed by atoms with Gasteiger partial charge < -0.3 is 4.90 Å². The molecule has 112 valence electrons. The Bertz CT molecular complexity index is 698. The summed E-state index contributed by atoms with van der Waals surface area (Å²) in [4.78, 5) is 9.42. The van der Waals surface area contributed by atoms with Crippen molar-refractivity contribution >= 4 is 27.3 Å². The fraction of sp³-hybridized carbons (Fsp3) is 0.167. The minimum Gasteiger partial charge on any atom is -0.378 e. The van der Waals surface area contributed by atoms with Gasteiger partial charge in [-0.1, -0.05) is 0 Å². The second kappa shape index (κ2) is 5.94. The Balaban J connectivity index is 2.19. The molecule has 0 fully saturated rings. The van der Waals surface area contributed by atoms with E-state index in [1.807, 2.05) is 31.1 Å². The molecule has 8 nitrogen and oxygen atoms in total. The van der Waals surface area contributed by atoms with E-state index in [2.05, 4.69) is 20.1 Å². The van der Waals surface area contributed by atoms with Crippen LogP contribution in [0, 0.1) is 0 Å². The monoisotopic (exact) mass is 308 g/mol. The first kappa shape index (κ1) is 15.0. The van der Waals surface area contributed by atoms with Gasteiger partial charge >= 0.3 is 0 Å². The maximum Gasteiger partial charge on any atom is 0.264 e.